The van der Waals surface area contributed by atoms with Crippen LogP contribution in [0.5, 0.6) is 5.75 Å². The fourth-order valence-electron chi connectivity index (χ4n) is 5.01. The standard InChI is InChI=1S/C32H32N2O2/c35-30-17-15-27(16-18-30)23-34-24-29-14-8-7-13-28(29)21-31(34)32(36)33(22-26-11-5-2-6-12-26)20-19-25-9-3-1-4-10-25/h1-18,31,35H,19-24H2/t31-/m0/s1. The lowest BCUT2D eigenvalue weighted by Crippen LogP contribution is -2.51. The molecule has 0 aromatic heterocycles. The number of hydrogen-bond acceptors (Lipinski definition) is 3. The summed E-state index contributed by atoms with van der Waals surface area (Å²) in [6, 6.07) is 36.1. The number of aromatic hydroxyl groups is 1. The molecule has 0 aliphatic carbocycles. The highest BCUT2D eigenvalue weighted by Crippen LogP contribution is 2.27. The summed E-state index contributed by atoms with van der Waals surface area (Å²) in [6.07, 6.45) is 1.52. The predicted molar refractivity (Wildman–Crippen MR) is 143 cm³/mol. The van der Waals surface area contributed by atoms with Crippen LogP contribution in [0.1, 0.15) is 27.8 Å². The van der Waals surface area contributed by atoms with E-state index in [9.17, 15) is 9.90 Å². The Kier molecular flexibility index (Phi) is 7.44. The molecule has 4 aromatic rings. The van der Waals surface area contributed by atoms with E-state index in [1.165, 1.54) is 16.7 Å². The van der Waals surface area contributed by atoms with Crippen molar-refractivity contribution in [2.24, 2.45) is 0 Å². The van der Waals surface area contributed by atoms with Crippen molar-refractivity contribution in [1.29, 1.82) is 0 Å². The van der Waals surface area contributed by atoms with Crippen molar-refractivity contribution in [3.05, 3.63) is 137 Å². The lowest BCUT2D eigenvalue weighted by atomic mass is 9.92. The molecule has 0 saturated carbocycles. The lowest BCUT2D eigenvalue weighted by Gasteiger charge is -2.39. The van der Waals surface area contributed by atoms with Crippen molar-refractivity contribution in [2.45, 2.75) is 38.5 Å². The fraction of sp³-hybridized carbons (Fsp3) is 0.219. The third-order valence-electron chi connectivity index (χ3n) is 6.99. The molecule has 0 fully saturated rings. The van der Waals surface area contributed by atoms with E-state index >= 15 is 0 Å². The van der Waals surface area contributed by atoms with Crippen LogP contribution in [0.15, 0.2) is 109 Å². The molecule has 0 spiro atoms. The lowest BCUT2D eigenvalue weighted by molar-refractivity contribution is -0.138. The van der Waals surface area contributed by atoms with E-state index in [-0.39, 0.29) is 17.7 Å². The Bertz CT molecular complexity index is 1270. The summed E-state index contributed by atoms with van der Waals surface area (Å²) in [5.41, 5.74) is 5.99. The molecule has 0 radical (unpaired) electrons. The van der Waals surface area contributed by atoms with Gasteiger partial charge >= 0.3 is 0 Å². The van der Waals surface area contributed by atoms with E-state index in [0.29, 0.717) is 26.1 Å². The average Bonchev–Trinajstić information content (AvgIpc) is 2.92. The molecule has 1 aliphatic rings. The number of phenolic OH excluding ortho intramolecular Hbond substituents is 1. The van der Waals surface area contributed by atoms with Crippen LogP contribution in [0.4, 0.5) is 0 Å². The van der Waals surface area contributed by atoms with Gasteiger partial charge in [-0.3, -0.25) is 9.69 Å². The van der Waals surface area contributed by atoms with Crippen LogP contribution in [0.2, 0.25) is 0 Å². The Morgan fingerprint density at radius 3 is 2.06 bits per heavy atom. The van der Waals surface area contributed by atoms with Crippen LogP contribution in [0, 0.1) is 0 Å². The first-order valence-corrected chi connectivity index (χ1v) is 12.6. The van der Waals surface area contributed by atoms with Gasteiger partial charge in [0.1, 0.15) is 5.75 Å². The number of amides is 1. The second-order valence-electron chi connectivity index (χ2n) is 9.54. The number of benzene rings is 4. The first kappa shape index (κ1) is 23.8. The molecule has 0 bridgehead atoms. The summed E-state index contributed by atoms with van der Waals surface area (Å²) in [5.74, 6) is 0.424. The Morgan fingerprint density at radius 1 is 0.750 bits per heavy atom. The van der Waals surface area contributed by atoms with Crippen LogP contribution in [0.25, 0.3) is 0 Å². The van der Waals surface area contributed by atoms with Crippen LogP contribution >= 0.6 is 0 Å². The molecule has 4 heteroatoms. The first-order valence-electron chi connectivity index (χ1n) is 12.6. The fourth-order valence-corrected chi connectivity index (χ4v) is 5.01. The number of carbonyl (C=O) groups excluding carboxylic acids is 1. The summed E-state index contributed by atoms with van der Waals surface area (Å²) in [5, 5.41) is 9.72. The number of nitrogens with zero attached hydrogens (tertiary/aromatic N) is 2. The second-order valence-corrected chi connectivity index (χ2v) is 9.54. The van der Waals surface area contributed by atoms with Crippen molar-refractivity contribution < 1.29 is 9.90 Å². The van der Waals surface area contributed by atoms with Crippen molar-refractivity contribution in [1.82, 2.24) is 9.80 Å². The van der Waals surface area contributed by atoms with Crippen molar-refractivity contribution in [3.63, 3.8) is 0 Å². The van der Waals surface area contributed by atoms with Crippen molar-refractivity contribution in [2.75, 3.05) is 6.54 Å². The van der Waals surface area contributed by atoms with Crippen LogP contribution in [0.3, 0.4) is 0 Å². The number of fused-ring (bicyclic) bond motifs is 1. The number of rotatable bonds is 8. The number of carbonyl (C=O) groups is 1. The zero-order valence-electron chi connectivity index (χ0n) is 20.5. The molecule has 1 aliphatic heterocycles. The van der Waals surface area contributed by atoms with Gasteiger partial charge in [-0.1, -0.05) is 97.1 Å². The molecule has 1 amide bonds. The highest BCUT2D eigenvalue weighted by Gasteiger charge is 2.34. The van der Waals surface area contributed by atoms with Crippen LogP contribution in [-0.4, -0.2) is 33.4 Å². The molecule has 36 heavy (non-hydrogen) atoms. The normalized spacial score (nSPS) is 15.3. The minimum Gasteiger partial charge on any atom is -0.508 e. The zero-order chi connectivity index (χ0) is 24.7. The minimum absolute atomic E-state index is 0.170. The van der Waals surface area contributed by atoms with Gasteiger partial charge in [0.05, 0.1) is 6.04 Å². The van der Waals surface area contributed by atoms with Crippen LogP contribution < -0.4 is 0 Å². The van der Waals surface area contributed by atoms with Crippen LogP contribution in [-0.2, 0) is 37.3 Å². The minimum atomic E-state index is -0.242. The smallest absolute Gasteiger partial charge is 0.240 e. The molecular weight excluding hydrogens is 444 g/mol. The SMILES string of the molecule is O=C([C@@H]1Cc2ccccc2CN1Cc1ccc(O)cc1)N(CCc1ccccc1)Cc1ccccc1. The highest BCUT2D eigenvalue weighted by atomic mass is 16.3. The van der Waals surface area contributed by atoms with E-state index in [4.69, 9.17) is 0 Å². The maximum Gasteiger partial charge on any atom is 0.240 e. The summed E-state index contributed by atoms with van der Waals surface area (Å²) in [4.78, 5) is 18.6. The molecule has 4 aromatic carbocycles. The Hall–Kier alpha value is -3.89. The molecule has 4 nitrogen and oxygen atoms in total. The van der Waals surface area contributed by atoms with Gasteiger partial charge in [-0.05, 0) is 52.8 Å². The molecule has 1 atom stereocenters. The van der Waals surface area contributed by atoms with Gasteiger partial charge in [0.2, 0.25) is 5.91 Å². The molecule has 0 saturated heterocycles. The van der Waals surface area contributed by atoms with Gasteiger partial charge in [-0.25, -0.2) is 0 Å². The monoisotopic (exact) mass is 476 g/mol. The number of phenols is 1. The first-order chi connectivity index (χ1) is 17.7. The van der Waals surface area contributed by atoms with E-state index in [1.54, 1.807) is 12.1 Å². The third kappa shape index (κ3) is 5.84. The predicted octanol–water partition coefficient (Wildman–Crippen LogP) is 5.59. The third-order valence-corrected chi connectivity index (χ3v) is 6.99. The Morgan fingerprint density at radius 2 is 1.36 bits per heavy atom. The Labute approximate surface area is 213 Å². The summed E-state index contributed by atoms with van der Waals surface area (Å²) < 4.78 is 0. The number of hydrogen-bond donors (Lipinski definition) is 1. The average molecular weight is 477 g/mol. The van der Waals surface area contributed by atoms with Gasteiger partial charge in [-0.2, -0.15) is 0 Å². The second kappa shape index (κ2) is 11.2. The molecule has 0 unspecified atom stereocenters. The van der Waals surface area contributed by atoms with E-state index in [1.807, 2.05) is 41.3 Å². The van der Waals surface area contributed by atoms with E-state index in [0.717, 1.165) is 24.1 Å². The van der Waals surface area contributed by atoms with Gasteiger partial charge in [-0.15, -0.1) is 0 Å². The zero-order valence-corrected chi connectivity index (χ0v) is 20.5. The highest BCUT2D eigenvalue weighted by molar-refractivity contribution is 5.82. The Balaban J connectivity index is 1.42. The molecular formula is C32H32N2O2. The molecule has 1 heterocycles. The van der Waals surface area contributed by atoms with Gasteiger partial charge in [0, 0.05) is 26.2 Å². The molecule has 1 N–H and O–H groups in total. The topological polar surface area (TPSA) is 43.8 Å². The summed E-state index contributed by atoms with van der Waals surface area (Å²) in [7, 11) is 0. The maximum atomic E-state index is 14.2. The maximum absolute atomic E-state index is 14.2. The van der Waals surface area contributed by atoms with Crippen molar-refractivity contribution >= 4 is 5.91 Å². The quantitative estimate of drug-likeness (QED) is 0.361. The van der Waals surface area contributed by atoms with Gasteiger partial charge < -0.3 is 10.0 Å². The van der Waals surface area contributed by atoms with E-state index < -0.39 is 0 Å². The molecule has 5 rings (SSSR count). The summed E-state index contributed by atoms with van der Waals surface area (Å²) >= 11 is 0. The summed E-state index contributed by atoms with van der Waals surface area (Å²) in [6.45, 7) is 2.65. The van der Waals surface area contributed by atoms with Crippen molar-refractivity contribution in [3.8, 4) is 5.75 Å². The van der Waals surface area contributed by atoms with Gasteiger partial charge in [0.15, 0.2) is 0 Å². The largest absolute Gasteiger partial charge is 0.508 e. The van der Waals surface area contributed by atoms with Gasteiger partial charge in [0.25, 0.3) is 0 Å². The van der Waals surface area contributed by atoms with E-state index in [2.05, 4.69) is 65.6 Å². The molecule has 182 valence electrons.